The van der Waals surface area contributed by atoms with Gasteiger partial charge in [-0.25, -0.2) is 14.3 Å². The van der Waals surface area contributed by atoms with Gasteiger partial charge in [-0.2, -0.15) is 0 Å². The van der Waals surface area contributed by atoms with Crippen LogP contribution < -0.4 is 22.1 Å². The van der Waals surface area contributed by atoms with E-state index in [1.54, 1.807) is 34.9 Å². The third kappa shape index (κ3) is 5.21. The number of carbonyl (C=O) groups excluding carboxylic acids is 2. The molecule has 2 aromatic heterocycles. The number of nitrogens with one attached hydrogen (secondary N) is 2. The molecule has 0 bridgehead atoms. The van der Waals surface area contributed by atoms with Crippen LogP contribution in [-0.4, -0.2) is 30.5 Å². The molecule has 0 saturated heterocycles. The molecular formula is C25H26N6O4. The zero-order valence-corrected chi connectivity index (χ0v) is 19.5. The highest BCUT2D eigenvalue weighted by atomic mass is 16.2. The Hall–Kier alpha value is -4.47. The number of carbonyl (C=O) groups is 2. The average Bonchev–Trinajstić information content (AvgIpc) is 3.27. The topological polar surface area (TPSA) is 120 Å². The third-order valence-corrected chi connectivity index (χ3v) is 5.38. The van der Waals surface area contributed by atoms with E-state index in [9.17, 15) is 19.2 Å². The van der Waals surface area contributed by atoms with E-state index < -0.39 is 29.6 Å². The fraction of sp³-hybridized carbons (Fsp3) is 0.240. The fourth-order valence-corrected chi connectivity index (χ4v) is 3.79. The van der Waals surface area contributed by atoms with Gasteiger partial charge in [0.05, 0.1) is 12.9 Å². The van der Waals surface area contributed by atoms with E-state index in [2.05, 4.69) is 15.8 Å². The van der Waals surface area contributed by atoms with E-state index in [1.807, 2.05) is 44.2 Å². The molecular weight excluding hydrogens is 448 g/mol. The van der Waals surface area contributed by atoms with Crippen LogP contribution in [0.4, 0.5) is 0 Å². The van der Waals surface area contributed by atoms with Gasteiger partial charge < -0.3 is 4.57 Å². The van der Waals surface area contributed by atoms with Crippen LogP contribution in [0.3, 0.4) is 0 Å². The van der Waals surface area contributed by atoms with Crippen molar-refractivity contribution in [2.24, 2.45) is 5.92 Å². The van der Waals surface area contributed by atoms with Gasteiger partial charge in [-0.05, 0) is 23.6 Å². The molecule has 10 heteroatoms. The van der Waals surface area contributed by atoms with Gasteiger partial charge in [0, 0.05) is 12.1 Å². The lowest BCUT2D eigenvalue weighted by molar-refractivity contribution is -0.122. The number of benzene rings is 2. The quantitative estimate of drug-likeness (QED) is 0.394. The summed E-state index contributed by atoms with van der Waals surface area (Å²) in [5.74, 6) is -1.00. The van der Waals surface area contributed by atoms with Crippen LogP contribution in [0, 0.1) is 5.92 Å². The zero-order chi connectivity index (χ0) is 24.9. The van der Waals surface area contributed by atoms with Crippen LogP contribution in [0.2, 0.25) is 0 Å². The minimum absolute atomic E-state index is 0.182. The van der Waals surface area contributed by atoms with Crippen molar-refractivity contribution in [1.82, 2.24) is 29.5 Å². The number of aromatic nitrogens is 4. The van der Waals surface area contributed by atoms with Crippen LogP contribution in [0.5, 0.6) is 0 Å². The molecule has 0 unspecified atom stereocenters. The summed E-state index contributed by atoms with van der Waals surface area (Å²) in [5, 5.41) is 0. The molecule has 0 spiro atoms. The predicted octanol–water partition coefficient (Wildman–Crippen LogP) is 1.53. The summed E-state index contributed by atoms with van der Waals surface area (Å²) in [4.78, 5) is 55.8. The lowest BCUT2D eigenvalue weighted by Crippen LogP contribution is -2.48. The number of hydrogen-bond acceptors (Lipinski definition) is 5. The van der Waals surface area contributed by atoms with Crippen molar-refractivity contribution in [3.63, 3.8) is 0 Å². The third-order valence-electron chi connectivity index (χ3n) is 5.38. The van der Waals surface area contributed by atoms with Gasteiger partial charge >= 0.3 is 5.69 Å². The van der Waals surface area contributed by atoms with Crippen molar-refractivity contribution in [1.29, 1.82) is 0 Å². The Morgan fingerprint density at radius 3 is 2.23 bits per heavy atom. The van der Waals surface area contributed by atoms with E-state index in [-0.39, 0.29) is 23.6 Å². The maximum atomic E-state index is 13.3. The van der Waals surface area contributed by atoms with Crippen molar-refractivity contribution in [3.8, 4) is 0 Å². The second-order valence-electron chi connectivity index (χ2n) is 8.58. The van der Waals surface area contributed by atoms with Gasteiger partial charge in [0.2, 0.25) is 0 Å². The van der Waals surface area contributed by atoms with Gasteiger partial charge in [0.1, 0.15) is 6.54 Å². The van der Waals surface area contributed by atoms with Crippen molar-refractivity contribution in [3.05, 3.63) is 99.0 Å². The van der Waals surface area contributed by atoms with E-state index in [4.69, 9.17) is 0 Å². The van der Waals surface area contributed by atoms with Crippen molar-refractivity contribution in [2.75, 3.05) is 0 Å². The highest BCUT2D eigenvalue weighted by Crippen LogP contribution is 2.11. The Balaban J connectivity index is 1.68. The molecule has 0 saturated carbocycles. The van der Waals surface area contributed by atoms with Gasteiger partial charge in [-0.3, -0.25) is 29.8 Å². The number of rotatable bonds is 7. The van der Waals surface area contributed by atoms with E-state index in [0.717, 1.165) is 10.1 Å². The number of amides is 2. The van der Waals surface area contributed by atoms with Gasteiger partial charge in [-0.15, -0.1) is 0 Å². The fourth-order valence-electron chi connectivity index (χ4n) is 3.79. The van der Waals surface area contributed by atoms with Gasteiger partial charge in [0.15, 0.2) is 11.2 Å². The molecule has 0 aliphatic carbocycles. The van der Waals surface area contributed by atoms with Gasteiger partial charge in [0.25, 0.3) is 17.4 Å². The molecule has 2 heterocycles. The second kappa shape index (κ2) is 10.2. The summed E-state index contributed by atoms with van der Waals surface area (Å²) in [6, 6.07) is 17.7. The number of hydrazine groups is 1. The molecule has 2 aromatic carbocycles. The summed E-state index contributed by atoms with van der Waals surface area (Å²) in [6.45, 7) is 4.15. The smallest absolute Gasteiger partial charge is 0.324 e. The van der Waals surface area contributed by atoms with Crippen LogP contribution in [0.1, 0.15) is 29.8 Å². The van der Waals surface area contributed by atoms with Crippen LogP contribution >= 0.6 is 0 Å². The first kappa shape index (κ1) is 23.7. The summed E-state index contributed by atoms with van der Waals surface area (Å²) in [5.41, 5.74) is 5.01. The number of hydrogen-bond donors (Lipinski definition) is 2. The number of fused-ring (bicyclic) bond motifs is 1. The SMILES string of the molecule is CC(C)Cn1cnc2c1c(=O)n(CC(=O)NNC(=O)c1ccccc1)c(=O)n2Cc1ccccc1. The Kier molecular flexibility index (Phi) is 6.91. The summed E-state index contributed by atoms with van der Waals surface area (Å²) < 4.78 is 3.96. The molecule has 180 valence electrons. The summed E-state index contributed by atoms with van der Waals surface area (Å²) in [6.07, 6.45) is 1.54. The van der Waals surface area contributed by atoms with E-state index in [1.165, 1.54) is 10.9 Å². The zero-order valence-electron chi connectivity index (χ0n) is 19.5. The van der Waals surface area contributed by atoms with Gasteiger partial charge in [-0.1, -0.05) is 62.4 Å². The van der Waals surface area contributed by atoms with E-state index >= 15 is 0 Å². The maximum Gasteiger partial charge on any atom is 0.333 e. The minimum Gasteiger partial charge on any atom is -0.324 e. The molecule has 2 N–H and O–H groups in total. The normalized spacial score (nSPS) is 11.1. The van der Waals surface area contributed by atoms with Crippen molar-refractivity contribution >= 4 is 23.0 Å². The highest BCUT2D eigenvalue weighted by Gasteiger charge is 2.20. The first-order chi connectivity index (χ1) is 16.8. The minimum atomic E-state index is -0.714. The molecule has 2 amide bonds. The van der Waals surface area contributed by atoms with Crippen molar-refractivity contribution in [2.45, 2.75) is 33.5 Å². The Bertz CT molecular complexity index is 1470. The van der Waals surface area contributed by atoms with E-state index in [0.29, 0.717) is 12.1 Å². The molecule has 0 aliphatic heterocycles. The molecule has 0 aliphatic rings. The van der Waals surface area contributed by atoms with Crippen LogP contribution in [0.25, 0.3) is 11.2 Å². The standard InChI is InChI=1S/C25H26N6O4/c1-17(2)13-29-16-26-22-21(29)24(34)31(25(35)30(22)14-18-9-5-3-6-10-18)15-20(32)27-28-23(33)19-11-7-4-8-12-19/h3-12,16-17H,13-15H2,1-2H3,(H,27,32)(H,28,33). The monoisotopic (exact) mass is 474 g/mol. The average molecular weight is 475 g/mol. The highest BCUT2D eigenvalue weighted by molar-refractivity contribution is 5.95. The summed E-state index contributed by atoms with van der Waals surface area (Å²) >= 11 is 0. The second-order valence-corrected chi connectivity index (χ2v) is 8.58. The molecule has 4 rings (SSSR count). The lowest BCUT2D eigenvalue weighted by Gasteiger charge is -2.14. The predicted molar refractivity (Wildman–Crippen MR) is 131 cm³/mol. The lowest BCUT2D eigenvalue weighted by atomic mass is 10.2. The van der Waals surface area contributed by atoms with Crippen molar-refractivity contribution < 1.29 is 9.59 Å². The number of imidazole rings is 1. The first-order valence-corrected chi connectivity index (χ1v) is 11.2. The molecule has 0 fully saturated rings. The number of nitrogens with zero attached hydrogens (tertiary/aromatic N) is 4. The molecule has 10 nitrogen and oxygen atoms in total. The Labute approximate surface area is 200 Å². The molecule has 4 aromatic rings. The van der Waals surface area contributed by atoms with Crippen LogP contribution in [-0.2, 0) is 24.4 Å². The van der Waals surface area contributed by atoms with Crippen LogP contribution in [0.15, 0.2) is 76.6 Å². The Morgan fingerprint density at radius 1 is 0.914 bits per heavy atom. The first-order valence-electron chi connectivity index (χ1n) is 11.2. The summed E-state index contributed by atoms with van der Waals surface area (Å²) in [7, 11) is 0. The molecule has 35 heavy (non-hydrogen) atoms. The molecule has 0 radical (unpaired) electrons. The largest absolute Gasteiger partial charge is 0.333 e. The maximum absolute atomic E-state index is 13.3. The molecule has 0 atom stereocenters. The Morgan fingerprint density at radius 2 is 1.57 bits per heavy atom.